The Labute approximate surface area is 150 Å². The van der Waals surface area contributed by atoms with Crippen LogP contribution in [-0.4, -0.2) is 15.5 Å². The molecule has 0 fully saturated rings. The smallest absolute Gasteiger partial charge is 0.321 e. The number of hydrogen-bond donors (Lipinski definition) is 1. The molecule has 1 amide bonds. The molecule has 0 aliphatic rings. The van der Waals surface area contributed by atoms with Gasteiger partial charge in [-0.2, -0.15) is 13.2 Å². The van der Waals surface area contributed by atoms with Crippen LogP contribution in [0.3, 0.4) is 0 Å². The predicted octanol–water partition coefficient (Wildman–Crippen LogP) is 4.94. The largest absolute Gasteiger partial charge is 0.417 e. The van der Waals surface area contributed by atoms with Crippen LogP contribution in [0.15, 0.2) is 54.9 Å². The van der Waals surface area contributed by atoms with E-state index in [2.05, 4.69) is 10.3 Å². The van der Waals surface area contributed by atoms with E-state index < -0.39 is 23.5 Å². The number of benzene rings is 1. The van der Waals surface area contributed by atoms with Crippen LogP contribution in [0.1, 0.15) is 16.1 Å². The zero-order valence-electron chi connectivity index (χ0n) is 12.9. The van der Waals surface area contributed by atoms with Gasteiger partial charge in [0, 0.05) is 18.1 Å². The number of amides is 1. The van der Waals surface area contributed by atoms with Gasteiger partial charge in [-0.15, -0.1) is 0 Å². The van der Waals surface area contributed by atoms with Crippen molar-refractivity contribution in [3.63, 3.8) is 0 Å². The summed E-state index contributed by atoms with van der Waals surface area (Å²) in [6.45, 7) is 0. The molecule has 0 radical (unpaired) electrons. The Bertz CT molecular complexity index is 951. The van der Waals surface area contributed by atoms with Crippen LogP contribution < -0.4 is 5.32 Å². The molecule has 1 N–H and O–H groups in total. The molecule has 3 rings (SSSR count). The first-order valence-corrected chi connectivity index (χ1v) is 7.61. The van der Waals surface area contributed by atoms with Crippen LogP contribution >= 0.6 is 11.6 Å². The molecule has 0 spiro atoms. The Kier molecular flexibility index (Phi) is 4.69. The maximum atomic E-state index is 12.9. The molecule has 9 heteroatoms. The zero-order chi connectivity index (χ0) is 18.9. The molecular formula is C17H10ClF4N3O. The number of halogens is 5. The normalized spacial score (nSPS) is 11.4. The van der Waals surface area contributed by atoms with Gasteiger partial charge in [-0.3, -0.25) is 9.36 Å². The number of aromatic nitrogens is 2. The number of anilines is 1. The lowest BCUT2D eigenvalue weighted by Gasteiger charge is -2.12. The fourth-order valence-electron chi connectivity index (χ4n) is 2.24. The van der Waals surface area contributed by atoms with E-state index in [4.69, 9.17) is 11.6 Å². The first kappa shape index (κ1) is 17.9. The lowest BCUT2D eigenvalue weighted by molar-refractivity contribution is -0.137. The molecule has 0 saturated carbocycles. The molecule has 134 valence electrons. The lowest BCUT2D eigenvalue weighted by atomic mass is 10.2. The van der Waals surface area contributed by atoms with E-state index in [9.17, 15) is 22.4 Å². The minimum atomic E-state index is -4.57. The lowest BCUT2D eigenvalue weighted by Crippen LogP contribution is -2.17. The van der Waals surface area contributed by atoms with Crippen LogP contribution in [0.2, 0.25) is 5.02 Å². The summed E-state index contributed by atoms with van der Waals surface area (Å²) in [5.74, 6) is -1.03. The van der Waals surface area contributed by atoms with Crippen molar-refractivity contribution in [1.82, 2.24) is 9.55 Å². The second kappa shape index (κ2) is 6.80. The van der Waals surface area contributed by atoms with Crippen LogP contribution in [0.4, 0.5) is 23.2 Å². The van der Waals surface area contributed by atoms with E-state index in [1.807, 2.05) is 0 Å². The van der Waals surface area contributed by atoms with E-state index in [1.165, 1.54) is 47.2 Å². The maximum Gasteiger partial charge on any atom is 0.417 e. The monoisotopic (exact) mass is 383 g/mol. The molecule has 2 aromatic heterocycles. The van der Waals surface area contributed by atoms with Crippen LogP contribution in [-0.2, 0) is 6.18 Å². The minimum absolute atomic E-state index is 0.0195. The Hall–Kier alpha value is -2.87. The number of nitrogens with one attached hydrogen (secondary N) is 1. The van der Waals surface area contributed by atoms with Crippen molar-refractivity contribution in [1.29, 1.82) is 0 Å². The molecule has 3 aromatic rings. The molecule has 26 heavy (non-hydrogen) atoms. The van der Waals surface area contributed by atoms with Gasteiger partial charge in [-0.1, -0.05) is 11.6 Å². The van der Waals surface area contributed by atoms with E-state index >= 15 is 0 Å². The summed E-state index contributed by atoms with van der Waals surface area (Å²) in [7, 11) is 0. The molecule has 0 atom stereocenters. The third kappa shape index (κ3) is 3.70. The minimum Gasteiger partial charge on any atom is -0.321 e. The van der Waals surface area contributed by atoms with Crippen LogP contribution in [0, 0.1) is 5.82 Å². The summed E-state index contributed by atoms with van der Waals surface area (Å²) in [5.41, 5.74) is -0.533. The van der Waals surface area contributed by atoms with E-state index in [1.54, 1.807) is 0 Å². The van der Waals surface area contributed by atoms with Gasteiger partial charge in [-0.05, 0) is 42.5 Å². The fraction of sp³-hybridized carbons (Fsp3) is 0.0588. The Balaban J connectivity index is 1.91. The topological polar surface area (TPSA) is 46.9 Å². The number of alkyl halides is 3. The van der Waals surface area contributed by atoms with Crippen molar-refractivity contribution >= 4 is 23.2 Å². The number of carbonyl (C=O) groups excluding carboxylic acids is 1. The highest BCUT2D eigenvalue weighted by atomic mass is 35.5. The highest BCUT2D eigenvalue weighted by molar-refractivity contribution is 6.32. The predicted molar refractivity (Wildman–Crippen MR) is 87.9 cm³/mol. The second-order valence-electron chi connectivity index (χ2n) is 5.25. The summed E-state index contributed by atoms with van der Waals surface area (Å²) in [4.78, 5) is 16.1. The molecular weight excluding hydrogens is 374 g/mol. The summed E-state index contributed by atoms with van der Waals surface area (Å²) < 4.78 is 52.4. The van der Waals surface area contributed by atoms with E-state index in [-0.39, 0.29) is 16.5 Å². The van der Waals surface area contributed by atoms with Gasteiger partial charge in [-0.25, -0.2) is 9.37 Å². The quantitative estimate of drug-likeness (QED) is 0.651. The van der Waals surface area contributed by atoms with E-state index in [0.717, 1.165) is 6.07 Å². The number of hydrogen-bond acceptors (Lipinski definition) is 2. The Morgan fingerprint density at radius 3 is 2.46 bits per heavy atom. The molecule has 0 saturated heterocycles. The number of rotatable bonds is 3. The van der Waals surface area contributed by atoms with Gasteiger partial charge in [0.15, 0.2) is 5.82 Å². The van der Waals surface area contributed by atoms with Crippen molar-refractivity contribution in [2.75, 3.05) is 5.32 Å². The average molecular weight is 384 g/mol. The van der Waals surface area contributed by atoms with Crippen molar-refractivity contribution in [3.05, 3.63) is 77.0 Å². The standard InChI is InChI=1S/C17H10ClF4N3O/c18-13-8-10(17(20,21)22)9-23-15(13)25-7-1-2-14(25)16(26)24-12-5-3-11(19)4-6-12/h1-9H,(H,24,26). The SMILES string of the molecule is O=C(Nc1ccc(F)cc1)c1cccn1-c1ncc(C(F)(F)F)cc1Cl. The molecule has 2 heterocycles. The first-order valence-electron chi connectivity index (χ1n) is 7.23. The molecule has 4 nitrogen and oxygen atoms in total. The molecule has 1 aromatic carbocycles. The molecule has 0 aliphatic carbocycles. The summed E-state index contributed by atoms with van der Waals surface area (Å²) in [5, 5.41) is 2.30. The van der Waals surface area contributed by atoms with Gasteiger partial charge in [0.05, 0.1) is 10.6 Å². The Morgan fingerprint density at radius 2 is 1.85 bits per heavy atom. The van der Waals surface area contributed by atoms with Crippen LogP contribution in [0.5, 0.6) is 0 Å². The highest BCUT2D eigenvalue weighted by Crippen LogP contribution is 2.32. The third-order valence-corrected chi connectivity index (χ3v) is 3.74. The summed E-state index contributed by atoms with van der Waals surface area (Å²) in [6.07, 6.45) is -2.49. The van der Waals surface area contributed by atoms with Gasteiger partial charge >= 0.3 is 6.18 Å². The molecule has 0 aliphatic heterocycles. The van der Waals surface area contributed by atoms with Crippen molar-refractivity contribution in [2.45, 2.75) is 6.18 Å². The van der Waals surface area contributed by atoms with Gasteiger partial charge < -0.3 is 5.32 Å². The fourth-order valence-corrected chi connectivity index (χ4v) is 2.50. The number of nitrogens with zero attached hydrogens (tertiary/aromatic N) is 2. The summed E-state index contributed by atoms with van der Waals surface area (Å²) in [6, 6.07) is 8.84. The third-order valence-electron chi connectivity index (χ3n) is 3.46. The van der Waals surface area contributed by atoms with Crippen molar-refractivity contribution in [3.8, 4) is 5.82 Å². The van der Waals surface area contributed by atoms with Gasteiger partial charge in [0.25, 0.3) is 5.91 Å². The Morgan fingerprint density at radius 1 is 1.15 bits per heavy atom. The maximum absolute atomic E-state index is 12.9. The summed E-state index contributed by atoms with van der Waals surface area (Å²) >= 11 is 5.92. The molecule has 0 unspecified atom stereocenters. The van der Waals surface area contributed by atoms with Gasteiger partial charge in [0.2, 0.25) is 0 Å². The van der Waals surface area contributed by atoms with Gasteiger partial charge in [0.1, 0.15) is 11.5 Å². The highest BCUT2D eigenvalue weighted by Gasteiger charge is 2.32. The number of carbonyl (C=O) groups is 1. The van der Waals surface area contributed by atoms with Crippen LogP contribution in [0.25, 0.3) is 5.82 Å². The van der Waals surface area contributed by atoms with E-state index in [0.29, 0.717) is 11.9 Å². The van der Waals surface area contributed by atoms with Crippen molar-refractivity contribution in [2.24, 2.45) is 0 Å². The first-order chi connectivity index (χ1) is 12.3. The second-order valence-corrected chi connectivity index (χ2v) is 5.66. The van der Waals surface area contributed by atoms with Crippen molar-refractivity contribution < 1.29 is 22.4 Å². The average Bonchev–Trinajstić information content (AvgIpc) is 3.05. The number of pyridine rings is 1. The molecule has 0 bridgehead atoms. The zero-order valence-corrected chi connectivity index (χ0v) is 13.6.